The maximum Gasteiger partial charge on any atom is 0.271 e. The van der Waals surface area contributed by atoms with Gasteiger partial charge in [-0.3, -0.25) is 4.79 Å². The van der Waals surface area contributed by atoms with E-state index in [0.717, 1.165) is 52.1 Å². The number of hydrogen-bond acceptors (Lipinski definition) is 7. The van der Waals surface area contributed by atoms with Gasteiger partial charge in [-0.15, -0.1) is 21.5 Å². The molecule has 1 saturated heterocycles. The zero-order valence-corrected chi connectivity index (χ0v) is 22.2. The van der Waals surface area contributed by atoms with Crippen LogP contribution in [0.3, 0.4) is 0 Å². The fraction of sp³-hybridized carbons (Fsp3) is 0.407. The predicted molar refractivity (Wildman–Crippen MR) is 142 cm³/mol. The molecule has 0 aliphatic carbocycles. The molecule has 192 valence electrons. The van der Waals surface area contributed by atoms with Crippen molar-refractivity contribution in [1.29, 1.82) is 0 Å². The third kappa shape index (κ3) is 3.69. The van der Waals surface area contributed by atoms with Crippen LogP contribution in [0.1, 0.15) is 42.7 Å². The summed E-state index contributed by atoms with van der Waals surface area (Å²) in [6.07, 6.45) is 1.83. The summed E-state index contributed by atoms with van der Waals surface area (Å²) in [7, 11) is 3.38. The third-order valence-electron chi connectivity index (χ3n) is 7.96. The topological polar surface area (TPSA) is 98.3 Å². The lowest BCUT2D eigenvalue weighted by Crippen LogP contribution is -2.52. The summed E-state index contributed by atoms with van der Waals surface area (Å²) in [4.78, 5) is 18.5. The molecule has 5 heterocycles. The van der Waals surface area contributed by atoms with Crippen LogP contribution < -0.4 is 4.74 Å². The predicted octanol–water partition coefficient (Wildman–Crippen LogP) is 4.01. The number of tetrazole rings is 1. The van der Waals surface area contributed by atoms with Crippen molar-refractivity contribution >= 4 is 17.2 Å². The molecule has 1 aromatic carbocycles. The van der Waals surface area contributed by atoms with E-state index in [2.05, 4.69) is 43.6 Å². The van der Waals surface area contributed by atoms with Crippen LogP contribution in [-0.2, 0) is 20.0 Å². The average Bonchev–Trinajstić information content (AvgIpc) is 3.68. The van der Waals surface area contributed by atoms with Crippen LogP contribution >= 0.6 is 11.3 Å². The molecule has 9 nitrogen and oxygen atoms in total. The molecule has 0 radical (unpaired) electrons. The molecule has 3 aromatic heterocycles. The molecule has 37 heavy (non-hydrogen) atoms. The highest BCUT2D eigenvalue weighted by Gasteiger charge is 2.44. The van der Waals surface area contributed by atoms with Crippen LogP contribution in [0.5, 0.6) is 5.75 Å². The van der Waals surface area contributed by atoms with Crippen LogP contribution in [0.15, 0.2) is 35.7 Å². The molecule has 10 heteroatoms. The minimum absolute atomic E-state index is 0.0299. The van der Waals surface area contributed by atoms with Gasteiger partial charge in [0.05, 0.1) is 37.1 Å². The van der Waals surface area contributed by atoms with Crippen LogP contribution in [0.4, 0.5) is 0 Å². The maximum absolute atomic E-state index is 14.1. The van der Waals surface area contributed by atoms with Gasteiger partial charge in [-0.05, 0) is 73.5 Å². The van der Waals surface area contributed by atoms with Gasteiger partial charge in [-0.2, -0.15) is 4.80 Å². The molecular formula is C27H30N6O3S. The Morgan fingerprint density at radius 2 is 2.05 bits per heavy atom. The van der Waals surface area contributed by atoms with Crippen molar-refractivity contribution in [3.05, 3.63) is 47.0 Å². The van der Waals surface area contributed by atoms with Gasteiger partial charge >= 0.3 is 0 Å². The van der Waals surface area contributed by atoms with Crippen molar-refractivity contribution in [1.82, 2.24) is 29.7 Å². The average molecular weight is 519 g/mol. The third-order valence-corrected chi connectivity index (χ3v) is 8.87. The number of carbonyl (C=O) groups is 1. The number of ether oxygens (including phenoxy) is 1. The van der Waals surface area contributed by atoms with E-state index in [0.29, 0.717) is 30.4 Å². The standard InChI is InChI=1S/C27H30N6O3S/c1-16(34)27(2)9-6-10-33(27)26(35)21-15-20(23-7-5-12-37-23)24-18-14-19(25-28-30-31(3)29-25)22(36-4)13-17(18)8-11-32(21)24/h5,7,12-16,34H,6,8-11H2,1-4H3/t16-,27-/m1/s1. The first-order valence-corrected chi connectivity index (χ1v) is 13.4. The zero-order valence-electron chi connectivity index (χ0n) is 21.4. The van der Waals surface area contributed by atoms with Gasteiger partial charge in [0.2, 0.25) is 5.82 Å². The highest BCUT2D eigenvalue weighted by molar-refractivity contribution is 7.13. The van der Waals surface area contributed by atoms with E-state index in [1.165, 1.54) is 4.80 Å². The molecule has 2 aliphatic rings. The van der Waals surface area contributed by atoms with Gasteiger partial charge in [-0.25, -0.2) is 0 Å². The number of carbonyl (C=O) groups excluding carboxylic acids is 1. The van der Waals surface area contributed by atoms with Gasteiger partial charge in [0.1, 0.15) is 11.4 Å². The minimum atomic E-state index is -0.610. The molecule has 0 spiro atoms. The highest BCUT2D eigenvalue weighted by Crippen LogP contribution is 2.45. The smallest absolute Gasteiger partial charge is 0.271 e. The van der Waals surface area contributed by atoms with E-state index in [4.69, 9.17) is 4.74 Å². The second-order valence-corrected chi connectivity index (χ2v) is 11.0. The Hall–Kier alpha value is -3.50. The quantitative estimate of drug-likeness (QED) is 0.429. The summed E-state index contributed by atoms with van der Waals surface area (Å²) < 4.78 is 7.87. The van der Waals surface area contributed by atoms with Gasteiger partial charge < -0.3 is 19.3 Å². The van der Waals surface area contributed by atoms with Crippen LogP contribution in [0, 0.1) is 0 Å². The first-order valence-electron chi connectivity index (χ1n) is 12.5. The minimum Gasteiger partial charge on any atom is -0.496 e. The van der Waals surface area contributed by atoms with Gasteiger partial charge in [0.15, 0.2) is 0 Å². The van der Waals surface area contributed by atoms with Gasteiger partial charge in [0.25, 0.3) is 5.91 Å². The highest BCUT2D eigenvalue weighted by atomic mass is 32.1. The largest absolute Gasteiger partial charge is 0.496 e. The summed E-state index contributed by atoms with van der Waals surface area (Å²) in [5, 5.41) is 25.3. The lowest BCUT2D eigenvalue weighted by molar-refractivity contribution is 0.0145. The van der Waals surface area contributed by atoms with Crippen molar-refractivity contribution in [2.45, 2.75) is 51.3 Å². The SMILES string of the molecule is COc1cc2c(cc1-c1nnn(C)n1)-c1c(-c3cccs3)cc(C(=O)N3CCC[C@]3(C)[C@@H](C)O)n1CC2. The Labute approximate surface area is 219 Å². The molecule has 0 bridgehead atoms. The summed E-state index contributed by atoms with van der Waals surface area (Å²) in [6, 6.07) is 10.3. The number of likely N-dealkylation sites (tertiary alicyclic amines) is 1. The Bertz CT molecular complexity index is 1490. The normalized spacial score (nSPS) is 19.5. The van der Waals surface area contributed by atoms with Crippen molar-refractivity contribution < 1.29 is 14.6 Å². The number of methoxy groups -OCH3 is 1. The van der Waals surface area contributed by atoms with Crippen LogP contribution in [0.2, 0.25) is 0 Å². The van der Waals surface area contributed by atoms with Crippen molar-refractivity contribution in [2.75, 3.05) is 13.7 Å². The summed E-state index contributed by atoms with van der Waals surface area (Å²) in [6.45, 7) is 5.10. The van der Waals surface area contributed by atoms with Crippen molar-refractivity contribution in [3.8, 4) is 38.8 Å². The molecule has 0 unspecified atom stereocenters. The number of aryl methyl sites for hydroxylation is 2. The Balaban J connectivity index is 1.55. The summed E-state index contributed by atoms with van der Waals surface area (Å²) >= 11 is 1.66. The fourth-order valence-corrected chi connectivity index (χ4v) is 6.52. The number of hydrogen-bond donors (Lipinski definition) is 1. The molecule has 6 rings (SSSR count). The number of aromatic nitrogens is 5. The number of thiophene rings is 1. The van der Waals surface area contributed by atoms with E-state index in [1.54, 1.807) is 32.4 Å². The number of benzene rings is 1. The van der Waals surface area contributed by atoms with E-state index in [9.17, 15) is 9.90 Å². The molecular weight excluding hydrogens is 488 g/mol. The summed E-state index contributed by atoms with van der Waals surface area (Å²) in [5.74, 6) is 1.16. The fourth-order valence-electron chi connectivity index (χ4n) is 5.78. The molecule has 1 amide bonds. The monoisotopic (exact) mass is 518 g/mol. The van der Waals surface area contributed by atoms with E-state index in [1.807, 2.05) is 24.0 Å². The lowest BCUT2D eigenvalue weighted by Gasteiger charge is -2.38. The number of rotatable bonds is 5. The number of aliphatic hydroxyl groups is 1. The van der Waals surface area contributed by atoms with Gasteiger partial charge in [0, 0.05) is 29.1 Å². The molecule has 2 aliphatic heterocycles. The number of aliphatic hydroxyl groups excluding tert-OH is 1. The van der Waals surface area contributed by atoms with E-state index < -0.39 is 11.6 Å². The Kier molecular flexibility index (Phi) is 5.68. The summed E-state index contributed by atoms with van der Waals surface area (Å²) in [5.41, 5.74) is 5.08. The second kappa shape index (κ2) is 8.81. The maximum atomic E-state index is 14.1. The molecule has 2 atom stereocenters. The Morgan fingerprint density at radius 3 is 2.73 bits per heavy atom. The van der Waals surface area contributed by atoms with Crippen molar-refractivity contribution in [3.63, 3.8) is 0 Å². The Morgan fingerprint density at radius 1 is 1.22 bits per heavy atom. The molecule has 0 saturated carbocycles. The number of nitrogens with zero attached hydrogens (tertiary/aromatic N) is 6. The molecule has 1 fully saturated rings. The van der Waals surface area contributed by atoms with Crippen LogP contribution in [0.25, 0.3) is 33.1 Å². The van der Waals surface area contributed by atoms with Crippen LogP contribution in [-0.4, -0.2) is 66.0 Å². The first-order chi connectivity index (χ1) is 17.8. The van der Waals surface area contributed by atoms with E-state index in [-0.39, 0.29) is 5.91 Å². The van der Waals surface area contributed by atoms with Crippen molar-refractivity contribution in [2.24, 2.45) is 7.05 Å². The number of fused-ring (bicyclic) bond motifs is 3. The lowest BCUT2D eigenvalue weighted by atomic mass is 9.92. The molecule has 4 aromatic rings. The van der Waals surface area contributed by atoms with E-state index >= 15 is 0 Å². The molecule has 1 N–H and O–H groups in total. The second-order valence-electron chi connectivity index (χ2n) is 10.1. The zero-order chi connectivity index (χ0) is 25.9. The first kappa shape index (κ1) is 23.9. The van der Waals surface area contributed by atoms with Gasteiger partial charge in [-0.1, -0.05) is 6.07 Å². The number of amides is 1.